The third kappa shape index (κ3) is 4.73. The van der Waals surface area contributed by atoms with E-state index in [1.54, 1.807) is 0 Å². The number of piperidine rings is 1. The number of fused-ring (bicyclic) bond motifs is 1. The summed E-state index contributed by atoms with van der Waals surface area (Å²) >= 11 is 1.49. The number of Topliss-reactive ketones (excluding diaryl/α,β-unsaturated/α-hetero) is 1. The zero-order valence-corrected chi connectivity index (χ0v) is 23.6. The number of carboxylic acids is 1. The molecule has 3 N–H and O–H groups in total. The van der Waals surface area contributed by atoms with Crippen molar-refractivity contribution < 1.29 is 24.3 Å². The highest BCUT2D eigenvalue weighted by Gasteiger charge is 2.60. The number of aliphatic carboxylic acids is 1. The Balaban J connectivity index is 1.07. The molecule has 13 nitrogen and oxygen atoms in total. The number of amides is 2. The monoisotopic (exact) mass is 572 g/mol. The molecule has 0 unspecified atom stereocenters. The van der Waals surface area contributed by atoms with Crippen LogP contribution in [0.15, 0.2) is 16.9 Å². The molecule has 4 fully saturated rings. The molecule has 216 valence electrons. The molecule has 6 rings (SSSR count). The van der Waals surface area contributed by atoms with E-state index in [0.717, 1.165) is 39.0 Å². The van der Waals surface area contributed by atoms with Crippen molar-refractivity contribution in [1.82, 2.24) is 40.6 Å². The molecule has 2 amide bonds. The molecule has 0 bridgehead atoms. The number of tetrazole rings is 1. The highest BCUT2D eigenvalue weighted by molar-refractivity contribution is 8.03. The summed E-state index contributed by atoms with van der Waals surface area (Å²) < 4.78 is 1.35. The van der Waals surface area contributed by atoms with Crippen molar-refractivity contribution >= 4 is 35.3 Å². The van der Waals surface area contributed by atoms with Gasteiger partial charge < -0.3 is 25.5 Å². The van der Waals surface area contributed by atoms with Gasteiger partial charge in [0.25, 0.3) is 0 Å². The molecule has 1 spiro atoms. The van der Waals surface area contributed by atoms with Gasteiger partial charge in [-0.25, -0.2) is 9.48 Å². The fourth-order valence-corrected chi connectivity index (χ4v) is 8.64. The van der Waals surface area contributed by atoms with Crippen LogP contribution in [-0.4, -0.2) is 109 Å². The van der Waals surface area contributed by atoms with Gasteiger partial charge in [0.15, 0.2) is 5.78 Å². The van der Waals surface area contributed by atoms with Crippen LogP contribution in [0.1, 0.15) is 39.5 Å². The molecule has 0 aliphatic carbocycles. The van der Waals surface area contributed by atoms with E-state index in [0.29, 0.717) is 23.3 Å². The van der Waals surface area contributed by atoms with Gasteiger partial charge in [-0.3, -0.25) is 14.4 Å². The molecular formula is C26H36N8O5S. The molecule has 1 aromatic rings. The lowest BCUT2D eigenvalue weighted by molar-refractivity contribution is -0.160. The Morgan fingerprint density at radius 1 is 1.25 bits per heavy atom. The van der Waals surface area contributed by atoms with Gasteiger partial charge in [0.2, 0.25) is 11.8 Å². The quantitative estimate of drug-likeness (QED) is 0.334. The predicted octanol–water partition coefficient (Wildman–Crippen LogP) is -0.283. The van der Waals surface area contributed by atoms with Crippen LogP contribution in [0.2, 0.25) is 0 Å². The first-order chi connectivity index (χ1) is 19.2. The van der Waals surface area contributed by atoms with Gasteiger partial charge in [0, 0.05) is 55.2 Å². The standard InChI is InChI=1S/C26H36N8O5S/c1-14(7-16(35)10-33-13-29-30-31-33)19-20-15(2)22(21(25(38)39)34(20)24(19)37)40-17-8-18(28-9-17)23(36)32-5-3-26(4-6-32)11-27-12-26/h13-15,17-20,27-28H,3-12H2,1-2H3,(H,38,39)/t14-,15+,17-,18-,19+,20+/m0/s1. The van der Waals surface area contributed by atoms with E-state index in [1.807, 2.05) is 18.7 Å². The maximum Gasteiger partial charge on any atom is 0.353 e. The third-order valence-corrected chi connectivity index (χ3v) is 11.0. The fraction of sp³-hybridized carbons (Fsp3) is 0.731. The largest absolute Gasteiger partial charge is 0.477 e. The Hall–Kier alpha value is -2.84. The summed E-state index contributed by atoms with van der Waals surface area (Å²) in [6, 6.07) is -0.556. The number of rotatable bonds is 9. The summed E-state index contributed by atoms with van der Waals surface area (Å²) in [5, 5.41) is 27.6. The molecule has 0 aromatic carbocycles. The number of β-lactam (4-membered cyclic amide) rings is 1. The highest BCUT2D eigenvalue weighted by atomic mass is 32.2. The average molecular weight is 573 g/mol. The first-order valence-corrected chi connectivity index (χ1v) is 15.0. The van der Waals surface area contributed by atoms with Gasteiger partial charge in [-0.2, -0.15) is 0 Å². The number of nitrogens with zero attached hydrogens (tertiary/aromatic N) is 6. The van der Waals surface area contributed by atoms with Crippen molar-refractivity contribution in [3.63, 3.8) is 0 Å². The third-order valence-electron chi connectivity index (χ3n) is 9.50. The van der Waals surface area contributed by atoms with Gasteiger partial charge in [-0.15, -0.1) is 16.9 Å². The molecule has 40 heavy (non-hydrogen) atoms. The van der Waals surface area contributed by atoms with Crippen LogP contribution in [-0.2, 0) is 25.7 Å². The Kier molecular flexibility index (Phi) is 7.20. The van der Waals surface area contributed by atoms with Gasteiger partial charge in [-0.05, 0) is 41.0 Å². The maximum atomic E-state index is 13.2. The van der Waals surface area contributed by atoms with Crippen molar-refractivity contribution in [3.8, 4) is 0 Å². The minimum atomic E-state index is -1.11. The zero-order chi connectivity index (χ0) is 28.2. The van der Waals surface area contributed by atoms with Crippen molar-refractivity contribution in [3.05, 3.63) is 16.9 Å². The number of nitrogens with one attached hydrogen (secondary N) is 2. The van der Waals surface area contributed by atoms with E-state index < -0.39 is 11.9 Å². The van der Waals surface area contributed by atoms with E-state index in [9.17, 15) is 24.3 Å². The Labute approximate surface area is 236 Å². The van der Waals surface area contributed by atoms with Crippen LogP contribution in [0.3, 0.4) is 0 Å². The van der Waals surface area contributed by atoms with Crippen molar-refractivity contribution in [2.24, 2.45) is 23.2 Å². The number of carbonyl (C=O) groups excluding carboxylic acids is 3. The molecule has 0 radical (unpaired) electrons. The lowest BCUT2D eigenvalue weighted by atomic mass is 9.73. The van der Waals surface area contributed by atoms with E-state index in [-0.39, 0.29) is 65.4 Å². The number of aromatic nitrogens is 4. The zero-order valence-electron chi connectivity index (χ0n) is 22.8. The van der Waals surface area contributed by atoms with Crippen molar-refractivity contribution in [2.75, 3.05) is 32.7 Å². The first kappa shape index (κ1) is 27.3. The van der Waals surface area contributed by atoms with Crippen LogP contribution in [0.25, 0.3) is 0 Å². The Morgan fingerprint density at radius 2 is 2.00 bits per heavy atom. The number of hydrogen-bond acceptors (Lipinski definition) is 10. The molecular weight excluding hydrogens is 536 g/mol. The summed E-state index contributed by atoms with van der Waals surface area (Å²) in [5.41, 5.74) is 0.432. The maximum absolute atomic E-state index is 13.2. The van der Waals surface area contributed by atoms with Gasteiger partial charge in [-0.1, -0.05) is 13.8 Å². The number of thioether (sulfide) groups is 1. The molecule has 0 saturated carbocycles. The second-order valence-electron chi connectivity index (χ2n) is 12.1. The summed E-state index contributed by atoms with van der Waals surface area (Å²) in [6.07, 6.45) is 4.26. The molecule has 6 atom stereocenters. The highest BCUT2D eigenvalue weighted by Crippen LogP contribution is 2.53. The number of likely N-dealkylation sites (tertiary alicyclic amines) is 1. The summed E-state index contributed by atoms with van der Waals surface area (Å²) in [4.78, 5) is 55.5. The summed E-state index contributed by atoms with van der Waals surface area (Å²) in [6.45, 7) is 8.15. The second kappa shape index (κ2) is 10.5. The van der Waals surface area contributed by atoms with Crippen molar-refractivity contribution in [2.45, 2.75) is 63.4 Å². The van der Waals surface area contributed by atoms with Crippen LogP contribution < -0.4 is 10.6 Å². The second-order valence-corrected chi connectivity index (χ2v) is 13.5. The van der Waals surface area contributed by atoms with E-state index in [2.05, 4.69) is 26.2 Å². The van der Waals surface area contributed by atoms with Crippen molar-refractivity contribution in [1.29, 1.82) is 0 Å². The molecule has 4 saturated heterocycles. The summed E-state index contributed by atoms with van der Waals surface area (Å²) in [5.74, 6) is -2.14. The first-order valence-electron chi connectivity index (χ1n) is 14.1. The van der Waals surface area contributed by atoms with Gasteiger partial charge in [0.1, 0.15) is 18.6 Å². The number of carboxylic acid groups (broad SMARTS) is 1. The normalized spacial score (nSPS) is 31.6. The van der Waals surface area contributed by atoms with E-state index in [4.69, 9.17) is 0 Å². The van der Waals surface area contributed by atoms with Gasteiger partial charge in [0.05, 0.1) is 18.0 Å². The van der Waals surface area contributed by atoms with Crippen LogP contribution >= 0.6 is 11.8 Å². The van der Waals surface area contributed by atoms with Crippen LogP contribution in [0.4, 0.5) is 0 Å². The molecule has 14 heteroatoms. The van der Waals surface area contributed by atoms with Crippen LogP contribution in [0, 0.1) is 23.2 Å². The molecule has 5 aliphatic heterocycles. The van der Waals surface area contributed by atoms with Crippen LogP contribution in [0.5, 0.6) is 0 Å². The lowest BCUT2D eigenvalue weighted by Gasteiger charge is -2.48. The molecule has 6 heterocycles. The summed E-state index contributed by atoms with van der Waals surface area (Å²) in [7, 11) is 0. The average Bonchev–Trinajstić information content (AvgIpc) is 3.63. The van der Waals surface area contributed by atoms with Gasteiger partial charge >= 0.3 is 5.97 Å². The molecule has 5 aliphatic rings. The minimum Gasteiger partial charge on any atom is -0.477 e. The fourth-order valence-electron chi connectivity index (χ4n) is 7.17. The topological polar surface area (TPSA) is 163 Å². The smallest absolute Gasteiger partial charge is 0.353 e. The number of ketones is 1. The SMILES string of the molecule is C[C@@H](CC(=O)Cn1cnnn1)[C@H]1C(=O)N2C(C(=O)O)=C(S[C@@H]3CN[C@H](C(=O)N4CCC5(CC4)CNC5)C3)[C@H](C)[C@H]12. The van der Waals surface area contributed by atoms with E-state index >= 15 is 0 Å². The Morgan fingerprint density at radius 3 is 2.62 bits per heavy atom. The minimum absolute atomic E-state index is 0.0337. The number of carbonyl (C=O) groups is 4. The Bertz CT molecular complexity index is 1220. The van der Waals surface area contributed by atoms with E-state index in [1.165, 1.54) is 27.7 Å². The predicted molar refractivity (Wildman–Crippen MR) is 143 cm³/mol. The lowest BCUT2D eigenvalue weighted by Crippen LogP contribution is -2.62. The molecule has 1 aromatic heterocycles. The number of hydrogen-bond donors (Lipinski definition) is 3.